The molecule has 1 fully saturated rings. The third-order valence-corrected chi connectivity index (χ3v) is 3.78. The maximum absolute atomic E-state index is 12.4. The molecule has 0 spiro atoms. The number of carbonyl (C=O) groups excluding carboxylic acids is 1. The van der Waals surface area contributed by atoms with Gasteiger partial charge in [-0.1, -0.05) is 0 Å². The van der Waals surface area contributed by atoms with Gasteiger partial charge in [0.25, 0.3) is 5.91 Å². The van der Waals surface area contributed by atoms with E-state index in [1.165, 1.54) is 0 Å². The molecule has 0 atom stereocenters. The van der Waals surface area contributed by atoms with Gasteiger partial charge in [0.15, 0.2) is 5.82 Å². The number of rotatable bonds is 1. The van der Waals surface area contributed by atoms with E-state index in [9.17, 15) is 4.79 Å². The van der Waals surface area contributed by atoms with E-state index in [0.717, 1.165) is 29.9 Å². The van der Waals surface area contributed by atoms with Gasteiger partial charge < -0.3 is 15.7 Å². The Balaban J connectivity index is 0.00000132. The Labute approximate surface area is 122 Å². The number of anilines is 3. The average Bonchev–Trinajstić information content (AvgIpc) is 3.27. The van der Waals surface area contributed by atoms with Gasteiger partial charge in [0, 0.05) is 18.4 Å². The summed E-state index contributed by atoms with van der Waals surface area (Å²) in [6.07, 6.45) is 5.73. The minimum absolute atomic E-state index is 0. The molecular formula is C15H16N4O2. The highest BCUT2D eigenvalue weighted by molar-refractivity contribution is 6.11. The summed E-state index contributed by atoms with van der Waals surface area (Å²) in [7, 11) is 0. The molecule has 0 aromatic carbocycles. The summed E-state index contributed by atoms with van der Waals surface area (Å²) >= 11 is 0. The lowest BCUT2D eigenvalue weighted by atomic mass is 10.2. The van der Waals surface area contributed by atoms with Crippen molar-refractivity contribution in [1.82, 2.24) is 9.97 Å². The van der Waals surface area contributed by atoms with Crippen LogP contribution in [-0.4, -0.2) is 27.4 Å². The van der Waals surface area contributed by atoms with Crippen LogP contribution in [0.4, 0.5) is 17.3 Å². The molecule has 1 amide bonds. The lowest BCUT2D eigenvalue weighted by molar-refractivity contribution is 0.102. The van der Waals surface area contributed by atoms with Crippen molar-refractivity contribution in [3.8, 4) is 0 Å². The van der Waals surface area contributed by atoms with Crippen LogP contribution in [0.3, 0.4) is 0 Å². The van der Waals surface area contributed by atoms with Crippen molar-refractivity contribution in [3.63, 3.8) is 0 Å². The van der Waals surface area contributed by atoms with Gasteiger partial charge >= 0.3 is 0 Å². The fourth-order valence-corrected chi connectivity index (χ4v) is 2.61. The monoisotopic (exact) mass is 284 g/mol. The molecular weight excluding hydrogens is 268 g/mol. The molecule has 6 heteroatoms. The summed E-state index contributed by atoms with van der Waals surface area (Å²) < 4.78 is 0. The van der Waals surface area contributed by atoms with Crippen molar-refractivity contribution >= 4 is 23.2 Å². The number of amides is 1. The van der Waals surface area contributed by atoms with Crippen molar-refractivity contribution in [3.05, 3.63) is 41.7 Å². The zero-order valence-electron chi connectivity index (χ0n) is 11.6. The fraction of sp³-hybridized carbons (Fsp3) is 0.267. The van der Waals surface area contributed by atoms with Gasteiger partial charge in [-0.05, 0) is 43.5 Å². The topological polar surface area (TPSA) is 89.6 Å². The van der Waals surface area contributed by atoms with Crippen LogP contribution in [0.1, 0.15) is 28.8 Å². The van der Waals surface area contributed by atoms with E-state index < -0.39 is 0 Å². The third-order valence-electron chi connectivity index (χ3n) is 3.78. The lowest BCUT2D eigenvalue weighted by Crippen LogP contribution is -2.22. The minimum atomic E-state index is -0.117. The Morgan fingerprint density at radius 3 is 2.71 bits per heavy atom. The number of fused-ring (bicyclic) bond motifs is 2. The van der Waals surface area contributed by atoms with Crippen LogP contribution in [0.25, 0.3) is 0 Å². The molecule has 0 unspecified atom stereocenters. The van der Waals surface area contributed by atoms with Crippen molar-refractivity contribution in [2.24, 2.45) is 0 Å². The molecule has 4 rings (SSSR count). The normalized spacial score (nSPS) is 16.2. The van der Waals surface area contributed by atoms with E-state index in [1.54, 1.807) is 18.5 Å². The van der Waals surface area contributed by atoms with Gasteiger partial charge in [0.1, 0.15) is 5.82 Å². The first-order chi connectivity index (χ1) is 9.75. The van der Waals surface area contributed by atoms with Crippen molar-refractivity contribution in [1.29, 1.82) is 0 Å². The van der Waals surface area contributed by atoms with Gasteiger partial charge in [0.2, 0.25) is 0 Å². The smallest absolute Gasteiger partial charge is 0.259 e. The molecule has 1 saturated carbocycles. The number of hydrogen-bond donors (Lipinski definition) is 1. The highest BCUT2D eigenvalue weighted by Gasteiger charge is 2.37. The van der Waals surface area contributed by atoms with Crippen molar-refractivity contribution < 1.29 is 10.3 Å². The van der Waals surface area contributed by atoms with Crippen LogP contribution in [-0.2, 0) is 0 Å². The van der Waals surface area contributed by atoms with Crippen LogP contribution < -0.4 is 10.2 Å². The molecule has 6 nitrogen and oxygen atoms in total. The maximum atomic E-state index is 12.4. The second-order valence-corrected chi connectivity index (χ2v) is 5.26. The summed E-state index contributed by atoms with van der Waals surface area (Å²) in [5, 5.41) is 2.98. The van der Waals surface area contributed by atoms with Gasteiger partial charge in [0.05, 0.1) is 11.3 Å². The summed E-state index contributed by atoms with van der Waals surface area (Å²) in [5.41, 5.74) is 2.42. The molecule has 1 aliphatic heterocycles. The molecule has 108 valence electrons. The molecule has 3 heterocycles. The Morgan fingerprint density at radius 1 is 1.19 bits per heavy atom. The van der Waals surface area contributed by atoms with Crippen LogP contribution >= 0.6 is 0 Å². The first-order valence-corrected chi connectivity index (χ1v) is 6.77. The van der Waals surface area contributed by atoms with Crippen LogP contribution in [0.15, 0.2) is 30.6 Å². The molecule has 2 aliphatic rings. The Morgan fingerprint density at radius 2 is 1.95 bits per heavy atom. The Bertz CT molecular complexity index is 713. The summed E-state index contributed by atoms with van der Waals surface area (Å²) in [4.78, 5) is 23.4. The molecule has 0 saturated heterocycles. The van der Waals surface area contributed by atoms with Crippen molar-refractivity contribution in [2.75, 3.05) is 10.2 Å². The number of pyridine rings is 2. The molecule has 0 bridgehead atoms. The predicted molar refractivity (Wildman–Crippen MR) is 79.9 cm³/mol. The SMILES string of the molecule is Cc1ccnc2c1NC(=O)c1cccnc1N2C1CC1.O. The first kappa shape index (κ1) is 13.5. The lowest BCUT2D eigenvalue weighted by Gasteiger charge is -2.23. The number of carbonyl (C=O) groups is 1. The molecule has 2 aromatic rings. The van der Waals surface area contributed by atoms with Gasteiger partial charge in [-0.2, -0.15) is 0 Å². The highest BCUT2D eigenvalue weighted by Crippen LogP contribution is 2.43. The molecule has 0 radical (unpaired) electrons. The van der Waals surface area contributed by atoms with Crippen LogP contribution in [0.2, 0.25) is 0 Å². The standard InChI is InChI=1S/C15H14N4O.H2O/c1-9-6-8-17-14-12(9)18-15(20)11-3-2-7-16-13(11)19(14)10-4-5-10;/h2-3,6-8,10H,4-5H2,1H3,(H,18,20);1H2. The van der Waals surface area contributed by atoms with Gasteiger partial charge in [-0.25, -0.2) is 9.97 Å². The van der Waals surface area contributed by atoms with E-state index in [0.29, 0.717) is 17.4 Å². The molecule has 3 N–H and O–H groups in total. The summed E-state index contributed by atoms with van der Waals surface area (Å²) in [6.45, 7) is 1.98. The number of aromatic nitrogens is 2. The molecule has 21 heavy (non-hydrogen) atoms. The second kappa shape index (κ2) is 4.82. The van der Waals surface area contributed by atoms with E-state index in [2.05, 4.69) is 20.2 Å². The van der Waals surface area contributed by atoms with E-state index in [1.807, 2.05) is 19.1 Å². The predicted octanol–water partition coefficient (Wildman–Crippen LogP) is 1.83. The van der Waals surface area contributed by atoms with E-state index >= 15 is 0 Å². The van der Waals surface area contributed by atoms with Crippen LogP contribution in [0, 0.1) is 6.92 Å². The Hall–Kier alpha value is -2.47. The summed E-state index contributed by atoms with van der Waals surface area (Å²) in [6, 6.07) is 5.91. The van der Waals surface area contributed by atoms with Gasteiger partial charge in [-0.3, -0.25) is 4.79 Å². The number of hydrogen-bond acceptors (Lipinski definition) is 4. The quantitative estimate of drug-likeness (QED) is 0.865. The second-order valence-electron chi connectivity index (χ2n) is 5.26. The number of aryl methyl sites for hydroxylation is 1. The maximum Gasteiger partial charge on any atom is 0.259 e. The largest absolute Gasteiger partial charge is 0.412 e. The minimum Gasteiger partial charge on any atom is -0.412 e. The number of nitrogens with zero attached hydrogens (tertiary/aromatic N) is 3. The van der Waals surface area contributed by atoms with E-state index in [4.69, 9.17) is 0 Å². The highest BCUT2D eigenvalue weighted by atomic mass is 16.1. The van der Waals surface area contributed by atoms with E-state index in [-0.39, 0.29) is 11.4 Å². The molecule has 2 aromatic heterocycles. The zero-order valence-corrected chi connectivity index (χ0v) is 11.6. The summed E-state index contributed by atoms with van der Waals surface area (Å²) in [5.74, 6) is 1.40. The third kappa shape index (κ3) is 2.04. The molecule has 1 aliphatic carbocycles. The number of nitrogens with one attached hydrogen (secondary N) is 1. The van der Waals surface area contributed by atoms with Gasteiger partial charge in [-0.15, -0.1) is 0 Å². The zero-order chi connectivity index (χ0) is 13.7. The Kier molecular flexibility index (Phi) is 3.10. The average molecular weight is 284 g/mol. The fourth-order valence-electron chi connectivity index (χ4n) is 2.61. The van der Waals surface area contributed by atoms with Crippen LogP contribution in [0.5, 0.6) is 0 Å². The first-order valence-electron chi connectivity index (χ1n) is 6.77. The van der Waals surface area contributed by atoms with Crippen molar-refractivity contribution in [2.45, 2.75) is 25.8 Å².